The minimum absolute atomic E-state index is 0.174. The fourth-order valence-corrected chi connectivity index (χ4v) is 8.80. The maximum Gasteiger partial charge on any atom is 0.346 e. The second-order valence-corrected chi connectivity index (χ2v) is 10.7. The molecule has 0 aromatic rings. The van der Waals surface area contributed by atoms with E-state index in [2.05, 4.69) is 27.7 Å². The van der Waals surface area contributed by atoms with Crippen LogP contribution in [0.15, 0.2) is 0 Å². The van der Waals surface area contributed by atoms with Gasteiger partial charge in [-0.1, -0.05) is 53.4 Å². The molecule has 0 radical (unpaired) electrons. The second-order valence-electron chi connectivity index (χ2n) is 6.44. The molecule has 0 saturated heterocycles. The van der Waals surface area contributed by atoms with E-state index in [0.29, 0.717) is 11.5 Å². The smallest absolute Gasteiger partial charge is 0.346 e. The average Bonchev–Trinajstić information content (AvgIpc) is 2.40. The van der Waals surface area contributed by atoms with Gasteiger partial charge >= 0.3 is 8.56 Å². The molecule has 1 rings (SSSR count). The Morgan fingerprint density at radius 1 is 1.11 bits per heavy atom. The summed E-state index contributed by atoms with van der Waals surface area (Å²) >= 11 is 0. The van der Waals surface area contributed by atoms with Gasteiger partial charge in [0.05, 0.1) is 0 Å². The van der Waals surface area contributed by atoms with Crippen LogP contribution in [0.1, 0.15) is 66.2 Å². The first-order chi connectivity index (χ1) is 8.46. The largest absolute Gasteiger partial charge is 0.397 e. The van der Waals surface area contributed by atoms with Crippen LogP contribution in [-0.4, -0.2) is 22.8 Å². The molecular formula is C15H32O2Si. The molecule has 0 heterocycles. The summed E-state index contributed by atoms with van der Waals surface area (Å²) in [6.07, 6.45) is 7.88. The molecule has 1 saturated carbocycles. The van der Waals surface area contributed by atoms with Crippen LogP contribution in [0.3, 0.4) is 0 Å². The predicted molar refractivity (Wildman–Crippen MR) is 80.1 cm³/mol. The van der Waals surface area contributed by atoms with Gasteiger partial charge in [0.25, 0.3) is 0 Å². The molecule has 0 bridgehead atoms. The Hall–Kier alpha value is 0.137. The lowest BCUT2D eigenvalue weighted by Gasteiger charge is -2.49. The Kier molecular flexibility index (Phi) is 5.88. The Labute approximate surface area is 115 Å². The first-order valence-electron chi connectivity index (χ1n) is 7.56. The van der Waals surface area contributed by atoms with Crippen LogP contribution in [0.25, 0.3) is 0 Å². The summed E-state index contributed by atoms with van der Waals surface area (Å²) in [5.74, 6) is 0.644. The van der Waals surface area contributed by atoms with Gasteiger partial charge in [-0.3, -0.25) is 0 Å². The van der Waals surface area contributed by atoms with Crippen LogP contribution in [0.5, 0.6) is 0 Å². The van der Waals surface area contributed by atoms with E-state index >= 15 is 0 Å². The molecule has 0 aromatic carbocycles. The van der Waals surface area contributed by atoms with Crippen molar-refractivity contribution in [2.45, 2.75) is 76.8 Å². The van der Waals surface area contributed by atoms with E-state index in [-0.39, 0.29) is 5.04 Å². The third-order valence-corrected chi connectivity index (χ3v) is 10.6. The van der Waals surface area contributed by atoms with Crippen LogP contribution in [0, 0.1) is 5.92 Å². The van der Waals surface area contributed by atoms with Crippen LogP contribution >= 0.6 is 0 Å². The van der Waals surface area contributed by atoms with Gasteiger partial charge in [0, 0.05) is 24.8 Å². The summed E-state index contributed by atoms with van der Waals surface area (Å²) in [7, 11) is 1.61. The Bertz CT molecular complexity index is 243. The molecule has 3 heteroatoms. The Balaban J connectivity index is 3.04. The minimum atomic E-state index is -2.15. The van der Waals surface area contributed by atoms with Crippen LogP contribution in [0.4, 0.5) is 0 Å². The van der Waals surface area contributed by atoms with E-state index in [4.69, 9.17) is 8.85 Å². The van der Waals surface area contributed by atoms with Gasteiger partial charge in [0.2, 0.25) is 0 Å². The Morgan fingerprint density at radius 3 is 2.00 bits per heavy atom. The van der Waals surface area contributed by atoms with Crippen molar-refractivity contribution in [2.24, 2.45) is 5.92 Å². The fourth-order valence-electron chi connectivity index (χ4n) is 3.81. The monoisotopic (exact) mass is 272 g/mol. The van der Waals surface area contributed by atoms with Gasteiger partial charge in [-0.05, 0) is 18.8 Å². The maximum atomic E-state index is 6.13. The molecule has 0 N–H and O–H groups in total. The predicted octanol–water partition coefficient (Wildman–Crippen LogP) is 4.88. The molecule has 0 spiro atoms. The normalized spacial score (nSPS) is 21.0. The fraction of sp³-hybridized carbons (Fsp3) is 1.00. The van der Waals surface area contributed by atoms with Gasteiger partial charge in [0.1, 0.15) is 0 Å². The van der Waals surface area contributed by atoms with Gasteiger partial charge in [-0.25, -0.2) is 0 Å². The molecule has 0 amide bonds. The number of rotatable bonds is 6. The number of hydrogen-bond acceptors (Lipinski definition) is 2. The molecule has 1 unspecified atom stereocenters. The van der Waals surface area contributed by atoms with Gasteiger partial charge in [0.15, 0.2) is 0 Å². The van der Waals surface area contributed by atoms with E-state index in [1.165, 1.54) is 38.5 Å². The highest BCUT2D eigenvalue weighted by molar-refractivity contribution is 6.72. The summed E-state index contributed by atoms with van der Waals surface area (Å²) in [6, 6.07) is 0. The molecule has 108 valence electrons. The van der Waals surface area contributed by atoms with Crippen molar-refractivity contribution in [2.75, 3.05) is 14.2 Å². The SMILES string of the molecule is CCC(C)C(C)(C)[Si](OC)(OC)C1CCCCC1. The van der Waals surface area contributed by atoms with Crippen molar-refractivity contribution in [1.82, 2.24) is 0 Å². The van der Waals surface area contributed by atoms with E-state index in [1.54, 1.807) is 0 Å². The van der Waals surface area contributed by atoms with E-state index in [1.807, 2.05) is 14.2 Å². The summed E-state index contributed by atoms with van der Waals surface area (Å²) in [6.45, 7) is 9.37. The zero-order valence-electron chi connectivity index (χ0n) is 13.2. The highest BCUT2D eigenvalue weighted by Crippen LogP contribution is 2.54. The molecule has 1 aliphatic rings. The average molecular weight is 273 g/mol. The van der Waals surface area contributed by atoms with E-state index in [9.17, 15) is 0 Å². The molecule has 0 aromatic heterocycles. The maximum absolute atomic E-state index is 6.13. The van der Waals surface area contributed by atoms with Gasteiger partial charge < -0.3 is 8.85 Å². The highest BCUT2D eigenvalue weighted by atomic mass is 28.4. The molecule has 2 nitrogen and oxygen atoms in total. The standard InChI is InChI=1S/C15H32O2Si/c1-7-13(2)15(3,4)18(16-5,17-6)14-11-9-8-10-12-14/h13-14H,7-12H2,1-6H3. The molecule has 18 heavy (non-hydrogen) atoms. The molecule has 1 fully saturated rings. The van der Waals surface area contributed by atoms with E-state index in [0.717, 1.165) is 0 Å². The highest BCUT2D eigenvalue weighted by Gasteiger charge is 2.57. The molecule has 1 atom stereocenters. The number of hydrogen-bond donors (Lipinski definition) is 0. The first-order valence-corrected chi connectivity index (χ1v) is 9.46. The second kappa shape index (κ2) is 6.53. The first kappa shape index (κ1) is 16.2. The summed E-state index contributed by atoms with van der Waals surface area (Å²) in [4.78, 5) is 0. The summed E-state index contributed by atoms with van der Waals surface area (Å²) < 4.78 is 12.3. The minimum Gasteiger partial charge on any atom is -0.397 e. The molecular weight excluding hydrogens is 240 g/mol. The molecule has 1 aliphatic carbocycles. The van der Waals surface area contributed by atoms with Crippen molar-refractivity contribution < 1.29 is 8.85 Å². The van der Waals surface area contributed by atoms with Crippen molar-refractivity contribution in [3.05, 3.63) is 0 Å². The van der Waals surface area contributed by atoms with Crippen molar-refractivity contribution in [3.8, 4) is 0 Å². The summed E-state index contributed by atoms with van der Waals surface area (Å²) in [5.41, 5.74) is 0.672. The third kappa shape index (κ3) is 2.68. The van der Waals surface area contributed by atoms with Crippen molar-refractivity contribution in [1.29, 1.82) is 0 Å². The van der Waals surface area contributed by atoms with Crippen LogP contribution in [-0.2, 0) is 8.85 Å². The molecule has 0 aliphatic heterocycles. The lowest BCUT2D eigenvalue weighted by Crippen LogP contribution is -2.56. The van der Waals surface area contributed by atoms with Gasteiger partial charge in [-0.15, -0.1) is 0 Å². The topological polar surface area (TPSA) is 18.5 Å². The lowest BCUT2D eigenvalue weighted by molar-refractivity contribution is 0.165. The van der Waals surface area contributed by atoms with Crippen LogP contribution < -0.4 is 0 Å². The van der Waals surface area contributed by atoms with Crippen molar-refractivity contribution in [3.63, 3.8) is 0 Å². The zero-order chi connectivity index (χ0) is 13.8. The quantitative estimate of drug-likeness (QED) is 0.641. The van der Waals surface area contributed by atoms with E-state index < -0.39 is 8.56 Å². The third-order valence-electron chi connectivity index (χ3n) is 5.49. The van der Waals surface area contributed by atoms with Crippen LogP contribution in [0.2, 0.25) is 10.6 Å². The Morgan fingerprint density at radius 2 is 1.61 bits per heavy atom. The van der Waals surface area contributed by atoms with Crippen molar-refractivity contribution >= 4 is 8.56 Å². The lowest BCUT2D eigenvalue weighted by atomic mass is 9.94. The zero-order valence-corrected chi connectivity index (χ0v) is 14.2. The summed E-state index contributed by atoms with van der Waals surface area (Å²) in [5, 5.41) is 0.174. The van der Waals surface area contributed by atoms with Gasteiger partial charge in [-0.2, -0.15) is 0 Å².